The quantitative estimate of drug-likeness (QED) is 0.638. The maximum atomic E-state index is 11.1. The summed E-state index contributed by atoms with van der Waals surface area (Å²) in [6, 6.07) is 5.33. The van der Waals surface area contributed by atoms with Crippen LogP contribution in [0.1, 0.15) is 38.2 Å². The van der Waals surface area contributed by atoms with Gasteiger partial charge in [-0.25, -0.2) is 0 Å². The van der Waals surface area contributed by atoms with Gasteiger partial charge in [-0.05, 0) is 50.3 Å². The second-order valence-corrected chi connectivity index (χ2v) is 5.92. The molecule has 0 heterocycles. The number of halogens is 1. The van der Waals surface area contributed by atoms with Crippen LogP contribution in [-0.4, -0.2) is 17.5 Å². The molecule has 0 aromatic heterocycles. The average Bonchev–Trinajstić information content (AvgIpc) is 2.83. The van der Waals surface area contributed by atoms with E-state index in [1.54, 1.807) is 12.1 Å². The molecule has 1 aliphatic rings. The maximum Gasteiger partial charge on any atom is 0.272 e. The van der Waals surface area contributed by atoms with Crippen LogP contribution in [0.25, 0.3) is 0 Å². The van der Waals surface area contributed by atoms with Gasteiger partial charge in [-0.3, -0.25) is 10.1 Å². The molecular weight excluding hydrogens is 276 g/mol. The van der Waals surface area contributed by atoms with Crippen molar-refractivity contribution >= 4 is 17.3 Å². The Labute approximate surface area is 124 Å². The van der Waals surface area contributed by atoms with E-state index in [9.17, 15) is 10.1 Å². The zero-order chi connectivity index (χ0) is 14.5. The second-order valence-electron chi connectivity index (χ2n) is 5.49. The Hall–Kier alpha value is -1.13. The zero-order valence-electron chi connectivity index (χ0n) is 11.8. The molecule has 20 heavy (non-hydrogen) atoms. The summed E-state index contributed by atoms with van der Waals surface area (Å²) in [6.07, 6.45) is 5.34. The van der Waals surface area contributed by atoms with Gasteiger partial charge in [-0.1, -0.05) is 24.9 Å². The number of nitro groups is 1. The summed E-state index contributed by atoms with van der Waals surface area (Å²) in [4.78, 5) is 10.8. The summed E-state index contributed by atoms with van der Waals surface area (Å²) < 4.78 is 0. The topological polar surface area (TPSA) is 55.2 Å². The lowest BCUT2D eigenvalue weighted by Gasteiger charge is -2.21. The summed E-state index contributed by atoms with van der Waals surface area (Å²) in [6.45, 7) is 3.16. The smallest absolute Gasteiger partial charge is 0.272 e. The molecule has 1 aromatic rings. The van der Waals surface area contributed by atoms with Crippen molar-refractivity contribution in [2.24, 2.45) is 5.92 Å². The van der Waals surface area contributed by atoms with E-state index < -0.39 is 0 Å². The predicted molar refractivity (Wildman–Crippen MR) is 81.2 cm³/mol. The molecule has 1 aromatic carbocycles. The fourth-order valence-electron chi connectivity index (χ4n) is 3.06. The van der Waals surface area contributed by atoms with Gasteiger partial charge in [0, 0.05) is 22.7 Å². The van der Waals surface area contributed by atoms with Crippen LogP contribution in [-0.2, 0) is 6.42 Å². The third-order valence-electron chi connectivity index (χ3n) is 4.04. The lowest BCUT2D eigenvalue weighted by molar-refractivity contribution is -0.385. The third kappa shape index (κ3) is 3.70. The fraction of sp³-hybridized carbons (Fsp3) is 0.600. The van der Waals surface area contributed by atoms with Crippen molar-refractivity contribution < 1.29 is 4.92 Å². The Morgan fingerprint density at radius 1 is 1.45 bits per heavy atom. The molecule has 5 heteroatoms. The Bertz CT molecular complexity index is 479. The van der Waals surface area contributed by atoms with Gasteiger partial charge >= 0.3 is 0 Å². The summed E-state index contributed by atoms with van der Waals surface area (Å²) >= 11 is 5.99. The predicted octanol–water partition coefficient (Wildman–Crippen LogP) is 3.96. The van der Waals surface area contributed by atoms with Crippen molar-refractivity contribution in [3.05, 3.63) is 38.9 Å². The van der Waals surface area contributed by atoms with E-state index in [0.29, 0.717) is 17.0 Å². The van der Waals surface area contributed by atoms with Gasteiger partial charge in [-0.15, -0.1) is 0 Å². The van der Waals surface area contributed by atoms with Crippen LogP contribution >= 0.6 is 11.6 Å². The number of hydrogen-bond acceptors (Lipinski definition) is 3. The van der Waals surface area contributed by atoms with Gasteiger partial charge in [0.2, 0.25) is 0 Å². The third-order valence-corrected chi connectivity index (χ3v) is 4.27. The van der Waals surface area contributed by atoms with Crippen molar-refractivity contribution in [3.63, 3.8) is 0 Å². The second kappa shape index (κ2) is 7.04. The number of benzene rings is 1. The van der Waals surface area contributed by atoms with Crippen LogP contribution in [0, 0.1) is 16.0 Å². The molecule has 4 nitrogen and oxygen atoms in total. The summed E-state index contributed by atoms with van der Waals surface area (Å²) in [5, 5.41) is 15.2. The summed E-state index contributed by atoms with van der Waals surface area (Å²) in [5.74, 6) is 0.471. The number of nitro benzene ring substituents is 1. The number of rotatable bonds is 6. The molecule has 0 spiro atoms. The lowest BCUT2D eigenvalue weighted by Crippen LogP contribution is -2.33. The van der Waals surface area contributed by atoms with E-state index in [-0.39, 0.29) is 10.6 Å². The van der Waals surface area contributed by atoms with Gasteiger partial charge in [0.1, 0.15) is 0 Å². The first kappa shape index (κ1) is 15.3. The monoisotopic (exact) mass is 296 g/mol. The summed E-state index contributed by atoms with van der Waals surface area (Å²) in [5.41, 5.74) is 0.952. The first-order chi connectivity index (χ1) is 9.61. The minimum Gasteiger partial charge on any atom is -0.314 e. The van der Waals surface area contributed by atoms with Crippen LogP contribution in [0.3, 0.4) is 0 Å². The standard InChI is InChI=1S/C15H21ClN2O2/c1-2-8-17-14-5-3-4-11(14)9-12-10-13(16)6-7-15(12)18(19)20/h6-7,10-11,14,17H,2-5,8-9H2,1H3. The van der Waals surface area contributed by atoms with Crippen molar-refractivity contribution in [2.75, 3.05) is 6.54 Å². The molecule has 1 aliphatic carbocycles. The highest BCUT2D eigenvalue weighted by Crippen LogP contribution is 2.32. The van der Waals surface area contributed by atoms with Crippen LogP contribution < -0.4 is 5.32 Å². The number of hydrogen-bond donors (Lipinski definition) is 1. The minimum atomic E-state index is -0.310. The molecule has 0 amide bonds. The fourth-order valence-corrected chi connectivity index (χ4v) is 3.25. The molecule has 2 unspecified atom stereocenters. The molecule has 1 N–H and O–H groups in total. The first-order valence-electron chi connectivity index (χ1n) is 7.28. The Morgan fingerprint density at radius 3 is 2.95 bits per heavy atom. The Balaban J connectivity index is 2.12. The molecule has 0 bridgehead atoms. The molecule has 0 aliphatic heterocycles. The van der Waals surface area contributed by atoms with Crippen molar-refractivity contribution in [1.29, 1.82) is 0 Å². The van der Waals surface area contributed by atoms with E-state index in [0.717, 1.165) is 31.4 Å². The molecule has 2 rings (SSSR count). The molecule has 0 saturated heterocycles. The maximum absolute atomic E-state index is 11.1. The van der Waals surface area contributed by atoms with E-state index in [1.165, 1.54) is 18.9 Å². The van der Waals surface area contributed by atoms with Crippen LogP contribution in [0.5, 0.6) is 0 Å². The van der Waals surface area contributed by atoms with E-state index in [1.807, 2.05) is 0 Å². The molecule has 0 radical (unpaired) electrons. The highest BCUT2D eigenvalue weighted by atomic mass is 35.5. The van der Waals surface area contributed by atoms with Crippen molar-refractivity contribution in [2.45, 2.75) is 45.1 Å². The SMILES string of the molecule is CCCNC1CCCC1Cc1cc(Cl)ccc1[N+](=O)[O-]. The van der Waals surface area contributed by atoms with Crippen LogP contribution in [0.2, 0.25) is 5.02 Å². The van der Waals surface area contributed by atoms with Gasteiger partial charge < -0.3 is 5.32 Å². The molecule has 2 atom stereocenters. The van der Waals surface area contributed by atoms with Gasteiger partial charge in [0.05, 0.1) is 4.92 Å². The first-order valence-corrected chi connectivity index (χ1v) is 7.65. The highest BCUT2D eigenvalue weighted by molar-refractivity contribution is 6.30. The lowest BCUT2D eigenvalue weighted by atomic mass is 9.93. The zero-order valence-corrected chi connectivity index (χ0v) is 12.5. The highest BCUT2D eigenvalue weighted by Gasteiger charge is 2.28. The van der Waals surface area contributed by atoms with Gasteiger partial charge in [-0.2, -0.15) is 0 Å². The van der Waals surface area contributed by atoms with E-state index >= 15 is 0 Å². The Kier molecular flexibility index (Phi) is 5.38. The molecule has 1 saturated carbocycles. The number of nitrogens with zero attached hydrogens (tertiary/aromatic N) is 1. The van der Waals surface area contributed by atoms with Crippen LogP contribution in [0.4, 0.5) is 5.69 Å². The van der Waals surface area contributed by atoms with Gasteiger partial charge in [0.25, 0.3) is 5.69 Å². The van der Waals surface area contributed by atoms with Crippen molar-refractivity contribution in [1.82, 2.24) is 5.32 Å². The minimum absolute atomic E-state index is 0.190. The summed E-state index contributed by atoms with van der Waals surface area (Å²) in [7, 11) is 0. The molecule has 1 fully saturated rings. The van der Waals surface area contributed by atoms with Gasteiger partial charge in [0.15, 0.2) is 0 Å². The Morgan fingerprint density at radius 2 is 2.25 bits per heavy atom. The van der Waals surface area contributed by atoms with E-state index in [2.05, 4.69) is 12.2 Å². The van der Waals surface area contributed by atoms with Crippen LogP contribution in [0.15, 0.2) is 18.2 Å². The normalized spacial score (nSPS) is 22.1. The van der Waals surface area contributed by atoms with Crippen molar-refractivity contribution in [3.8, 4) is 0 Å². The largest absolute Gasteiger partial charge is 0.314 e. The molecule has 110 valence electrons. The number of nitrogens with one attached hydrogen (secondary N) is 1. The van der Waals surface area contributed by atoms with E-state index in [4.69, 9.17) is 11.6 Å². The average molecular weight is 297 g/mol. The molecular formula is C15H21ClN2O2.